The first kappa shape index (κ1) is 31.7. The van der Waals surface area contributed by atoms with Crippen molar-refractivity contribution >= 4 is 33.2 Å². The van der Waals surface area contributed by atoms with E-state index in [0.29, 0.717) is 43.2 Å². The Kier molecular flexibility index (Phi) is 9.65. The summed E-state index contributed by atoms with van der Waals surface area (Å²) < 4.78 is 35.3. The van der Waals surface area contributed by atoms with Crippen molar-refractivity contribution < 1.29 is 23.1 Å². The molecule has 1 fully saturated rings. The molecule has 2 aliphatic heterocycles. The third-order valence-corrected chi connectivity index (χ3v) is 12.0. The lowest BCUT2D eigenvalue weighted by atomic mass is 9.63. The fraction of sp³-hybridized carbons (Fsp3) is 0.559. The molecular formula is C34H43ClN2O5S. The third kappa shape index (κ3) is 7.00. The second-order valence-corrected chi connectivity index (χ2v) is 15.1. The van der Waals surface area contributed by atoms with E-state index in [1.165, 1.54) is 5.56 Å². The van der Waals surface area contributed by atoms with Gasteiger partial charge < -0.3 is 14.7 Å². The summed E-state index contributed by atoms with van der Waals surface area (Å²) in [6, 6.07) is 11.0. The second kappa shape index (κ2) is 13.1. The molecule has 1 amide bonds. The van der Waals surface area contributed by atoms with Crippen LogP contribution in [0.5, 0.6) is 5.75 Å². The number of halogens is 1. The number of rotatable bonds is 0. The van der Waals surface area contributed by atoms with E-state index in [1.54, 1.807) is 32.0 Å². The number of aryl methyl sites for hydroxylation is 1. The van der Waals surface area contributed by atoms with Gasteiger partial charge in [-0.15, -0.1) is 5.92 Å². The quantitative estimate of drug-likeness (QED) is 0.343. The van der Waals surface area contributed by atoms with Crippen molar-refractivity contribution in [2.75, 3.05) is 18.0 Å². The van der Waals surface area contributed by atoms with Gasteiger partial charge in [0.1, 0.15) is 18.0 Å². The standard InChI is InChI=1S/C34H43ClN2O5S/c1-4-16-34(39)17-7-8-23(2)24(3)43(40,41)36-33(38)26-12-15-32-31(20-26)37(21-27-11-14-30(27)34)18-6-5-9-25-19-29(35)13-10-28(25)22-42-32/h10,12-13,15,19-20,23-24,27,30,39H,5-9,11,14,17-18,21-22H2,1-3H3,(H,36,38)/t23-,24+,27-,30+,34+/m0/s1. The van der Waals surface area contributed by atoms with Gasteiger partial charge in [0.25, 0.3) is 5.91 Å². The number of ether oxygens (including phenoxy) is 1. The van der Waals surface area contributed by atoms with Gasteiger partial charge in [-0.1, -0.05) is 30.5 Å². The molecule has 5 atom stereocenters. The van der Waals surface area contributed by atoms with Crippen molar-refractivity contribution in [3.63, 3.8) is 0 Å². The molecule has 232 valence electrons. The summed E-state index contributed by atoms with van der Waals surface area (Å²) in [6.07, 6.45) is 6.36. The predicted molar refractivity (Wildman–Crippen MR) is 171 cm³/mol. The molecular weight excluding hydrogens is 584 g/mol. The number of aliphatic hydroxyl groups is 1. The first-order valence-electron chi connectivity index (χ1n) is 15.5. The first-order valence-corrected chi connectivity index (χ1v) is 17.4. The van der Waals surface area contributed by atoms with Crippen molar-refractivity contribution in [2.24, 2.45) is 17.8 Å². The minimum absolute atomic E-state index is 0.0183. The summed E-state index contributed by atoms with van der Waals surface area (Å²) >= 11 is 6.32. The number of nitrogens with zero attached hydrogens (tertiary/aromatic N) is 1. The molecule has 2 heterocycles. The number of amides is 1. The topological polar surface area (TPSA) is 95.9 Å². The highest BCUT2D eigenvalue weighted by Gasteiger charge is 2.46. The minimum atomic E-state index is -3.93. The molecule has 7 nitrogen and oxygen atoms in total. The van der Waals surface area contributed by atoms with Crippen LogP contribution in [0.15, 0.2) is 36.4 Å². The molecule has 1 aliphatic carbocycles. The summed E-state index contributed by atoms with van der Waals surface area (Å²) in [7, 11) is -3.93. The van der Waals surface area contributed by atoms with E-state index < -0.39 is 26.8 Å². The van der Waals surface area contributed by atoms with E-state index >= 15 is 0 Å². The Morgan fingerprint density at radius 2 is 1.88 bits per heavy atom. The lowest BCUT2D eigenvalue weighted by Gasteiger charge is -2.47. The number of hydrogen-bond acceptors (Lipinski definition) is 6. The van der Waals surface area contributed by atoms with Crippen molar-refractivity contribution in [1.29, 1.82) is 0 Å². The van der Waals surface area contributed by atoms with Crippen molar-refractivity contribution in [1.82, 2.24) is 4.72 Å². The van der Waals surface area contributed by atoms with Gasteiger partial charge in [0.2, 0.25) is 10.0 Å². The number of hydrogen-bond donors (Lipinski definition) is 2. The summed E-state index contributed by atoms with van der Waals surface area (Å²) in [6.45, 7) is 7.05. The van der Waals surface area contributed by atoms with Crippen LogP contribution in [-0.4, -0.2) is 43.4 Å². The average Bonchev–Trinajstić information content (AvgIpc) is 2.97. The van der Waals surface area contributed by atoms with Gasteiger partial charge in [0.15, 0.2) is 0 Å². The number of fused-ring (bicyclic) bond motifs is 3. The molecule has 2 bridgehead atoms. The first-order chi connectivity index (χ1) is 20.5. The highest BCUT2D eigenvalue weighted by atomic mass is 35.5. The zero-order valence-corrected chi connectivity index (χ0v) is 26.9. The molecule has 2 N–H and O–H groups in total. The van der Waals surface area contributed by atoms with Gasteiger partial charge in [-0.3, -0.25) is 4.79 Å². The molecule has 0 unspecified atom stereocenters. The van der Waals surface area contributed by atoms with Crippen molar-refractivity contribution in [3.05, 3.63) is 58.1 Å². The van der Waals surface area contributed by atoms with Gasteiger partial charge in [-0.25, -0.2) is 13.1 Å². The minimum Gasteiger partial charge on any atom is -0.487 e. The van der Waals surface area contributed by atoms with Crippen LogP contribution in [0.25, 0.3) is 0 Å². The van der Waals surface area contributed by atoms with Crippen molar-refractivity contribution in [2.45, 2.75) is 89.6 Å². The fourth-order valence-corrected chi connectivity index (χ4v) is 8.36. The largest absolute Gasteiger partial charge is 0.487 e. The van der Waals surface area contributed by atoms with Crippen LogP contribution < -0.4 is 14.4 Å². The van der Waals surface area contributed by atoms with E-state index in [0.717, 1.165) is 49.9 Å². The molecule has 5 rings (SSSR count). The zero-order chi connectivity index (χ0) is 30.8. The lowest BCUT2D eigenvalue weighted by Crippen LogP contribution is -2.50. The average molecular weight is 627 g/mol. The zero-order valence-electron chi connectivity index (χ0n) is 25.4. The summed E-state index contributed by atoms with van der Waals surface area (Å²) in [4.78, 5) is 15.6. The molecule has 3 aliphatic rings. The van der Waals surface area contributed by atoms with E-state index in [9.17, 15) is 18.3 Å². The lowest BCUT2D eigenvalue weighted by molar-refractivity contribution is -0.0446. The van der Waals surface area contributed by atoms with Crippen molar-refractivity contribution in [3.8, 4) is 17.6 Å². The van der Waals surface area contributed by atoms with Gasteiger partial charge in [-0.05, 0) is 119 Å². The molecule has 0 spiro atoms. The molecule has 9 heteroatoms. The molecule has 0 aromatic heterocycles. The number of nitrogens with one attached hydrogen (secondary N) is 1. The van der Waals surface area contributed by atoms with E-state index in [1.807, 2.05) is 25.1 Å². The monoisotopic (exact) mass is 626 g/mol. The predicted octanol–water partition coefficient (Wildman–Crippen LogP) is 6.11. The molecule has 0 radical (unpaired) electrons. The summed E-state index contributed by atoms with van der Waals surface area (Å²) in [5, 5.41) is 11.8. The summed E-state index contributed by atoms with van der Waals surface area (Å²) in [5.74, 6) is 6.14. The maximum atomic E-state index is 13.4. The van der Waals surface area contributed by atoms with Gasteiger partial charge >= 0.3 is 0 Å². The SMILES string of the molecule is CC#C[C@@]1(O)CCC[C@H](C)[C@@H](C)S(=O)(=O)NC(=O)c2ccc3c(c2)N(CCCCc2cc(Cl)ccc2CO3)C[C@@H]2CC[C@H]21. The highest BCUT2D eigenvalue weighted by molar-refractivity contribution is 7.90. The van der Waals surface area contributed by atoms with Gasteiger partial charge in [-0.2, -0.15) is 0 Å². The van der Waals surface area contributed by atoms with Crippen LogP contribution in [0.3, 0.4) is 0 Å². The highest BCUT2D eigenvalue weighted by Crippen LogP contribution is 2.46. The molecule has 2 aromatic rings. The van der Waals surface area contributed by atoms with Gasteiger partial charge in [0, 0.05) is 29.6 Å². The number of carbonyl (C=O) groups is 1. The van der Waals surface area contributed by atoms with E-state index in [-0.39, 0.29) is 23.3 Å². The van der Waals surface area contributed by atoms with Crippen LogP contribution in [0, 0.1) is 29.6 Å². The second-order valence-electron chi connectivity index (χ2n) is 12.6. The smallest absolute Gasteiger partial charge is 0.264 e. The number of anilines is 1. The third-order valence-electron chi connectivity index (χ3n) is 9.81. The van der Waals surface area contributed by atoms with Crippen LogP contribution in [0.1, 0.15) is 87.2 Å². The number of carbonyl (C=O) groups excluding carboxylic acids is 1. The van der Waals surface area contributed by atoms with Crippen LogP contribution in [-0.2, 0) is 23.1 Å². The Bertz CT molecular complexity index is 1520. The van der Waals surface area contributed by atoms with Crippen LogP contribution in [0.4, 0.5) is 5.69 Å². The van der Waals surface area contributed by atoms with Crippen LogP contribution in [0.2, 0.25) is 5.02 Å². The molecule has 43 heavy (non-hydrogen) atoms. The number of benzene rings is 2. The Hall–Kier alpha value is -2.73. The van der Waals surface area contributed by atoms with E-state index in [4.69, 9.17) is 16.3 Å². The Morgan fingerprint density at radius 3 is 2.63 bits per heavy atom. The van der Waals surface area contributed by atoms with Crippen LogP contribution >= 0.6 is 11.6 Å². The maximum absolute atomic E-state index is 13.4. The van der Waals surface area contributed by atoms with E-state index in [2.05, 4.69) is 21.5 Å². The Morgan fingerprint density at radius 1 is 1.07 bits per heavy atom. The Labute approximate surface area is 261 Å². The molecule has 0 saturated heterocycles. The van der Waals surface area contributed by atoms with Gasteiger partial charge in [0.05, 0.1) is 10.9 Å². The normalized spacial score (nSPS) is 29.6. The Balaban J connectivity index is 1.56. The fourth-order valence-electron chi connectivity index (χ4n) is 6.85. The number of sulfonamides is 1. The molecule has 1 saturated carbocycles. The molecule has 2 aromatic carbocycles. The summed E-state index contributed by atoms with van der Waals surface area (Å²) in [5.41, 5.74) is 2.13. The maximum Gasteiger partial charge on any atom is 0.264 e.